The molecule has 3 nitrogen and oxygen atoms in total. The fourth-order valence-corrected chi connectivity index (χ4v) is 2.66. The van der Waals surface area contributed by atoms with Crippen molar-refractivity contribution >= 4 is 10.9 Å². The van der Waals surface area contributed by atoms with Crippen LogP contribution in [0.2, 0.25) is 0 Å². The van der Waals surface area contributed by atoms with Gasteiger partial charge in [-0.25, -0.2) is 0 Å². The van der Waals surface area contributed by atoms with Crippen molar-refractivity contribution in [3.63, 3.8) is 0 Å². The van der Waals surface area contributed by atoms with Crippen molar-refractivity contribution in [2.24, 2.45) is 0 Å². The number of nitrogens with one attached hydrogen (secondary N) is 2. The molecule has 17 heavy (non-hydrogen) atoms. The number of fused-ring (bicyclic) bond motifs is 1. The second-order valence-corrected chi connectivity index (χ2v) is 4.95. The number of rotatable bonds is 2. The van der Waals surface area contributed by atoms with Gasteiger partial charge in [-0.05, 0) is 18.6 Å². The molecule has 0 spiro atoms. The summed E-state index contributed by atoms with van der Waals surface area (Å²) in [6.07, 6.45) is 2.15. The summed E-state index contributed by atoms with van der Waals surface area (Å²) < 4.78 is 0. The van der Waals surface area contributed by atoms with Gasteiger partial charge in [0, 0.05) is 49.3 Å². The monoisotopic (exact) mass is 229 g/mol. The molecule has 0 amide bonds. The van der Waals surface area contributed by atoms with Gasteiger partial charge in [-0.3, -0.25) is 4.90 Å². The van der Waals surface area contributed by atoms with Gasteiger partial charge in [-0.1, -0.05) is 18.2 Å². The van der Waals surface area contributed by atoms with Crippen LogP contribution in [-0.2, 0) is 6.54 Å². The highest BCUT2D eigenvalue weighted by Gasteiger charge is 2.16. The van der Waals surface area contributed by atoms with Gasteiger partial charge in [-0.15, -0.1) is 0 Å². The lowest BCUT2D eigenvalue weighted by atomic mass is 10.1. The lowest BCUT2D eigenvalue weighted by Gasteiger charge is -2.31. The van der Waals surface area contributed by atoms with Gasteiger partial charge >= 0.3 is 0 Å². The molecule has 1 unspecified atom stereocenters. The highest BCUT2D eigenvalue weighted by Crippen LogP contribution is 2.19. The second kappa shape index (κ2) is 4.51. The van der Waals surface area contributed by atoms with Crippen LogP contribution in [0.1, 0.15) is 12.5 Å². The van der Waals surface area contributed by atoms with E-state index in [-0.39, 0.29) is 0 Å². The molecule has 0 saturated carbocycles. The summed E-state index contributed by atoms with van der Waals surface area (Å²) in [5, 5.41) is 4.84. The molecule has 0 aliphatic carbocycles. The Labute approximate surface area is 102 Å². The minimum Gasteiger partial charge on any atom is -0.361 e. The molecule has 1 fully saturated rings. The Balaban J connectivity index is 1.80. The van der Waals surface area contributed by atoms with Crippen LogP contribution in [0.15, 0.2) is 30.5 Å². The standard InChI is InChI=1S/C14H19N3/c1-11-9-17(7-6-15-11)10-12-8-16-14-5-3-2-4-13(12)14/h2-5,8,11,15-16H,6-7,9-10H2,1H3. The topological polar surface area (TPSA) is 31.1 Å². The first-order chi connectivity index (χ1) is 8.33. The van der Waals surface area contributed by atoms with Crippen LogP contribution in [0, 0.1) is 0 Å². The predicted molar refractivity (Wildman–Crippen MR) is 71.0 cm³/mol. The number of nitrogens with zero attached hydrogens (tertiary/aromatic N) is 1. The normalized spacial score (nSPS) is 22.1. The lowest BCUT2D eigenvalue weighted by molar-refractivity contribution is 0.200. The summed E-state index contributed by atoms with van der Waals surface area (Å²) in [5.74, 6) is 0. The number of para-hydroxylation sites is 1. The maximum absolute atomic E-state index is 3.48. The second-order valence-electron chi connectivity index (χ2n) is 4.95. The van der Waals surface area contributed by atoms with Crippen molar-refractivity contribution in [1.29, 1.82) is 0 Å². The number of benzene rings is 1. The largest absolute Gasteiger partial charge is 0.361 e. The molecular formula is C14H19N3. The van der Waals surface area contributed by atoms with E-state index >= 15 is 0 Å². The van der Waals surface area contributed by atoms with E-state index in [1.807, 2.05) is 0 Å². The Morgan fingerprint density at radius 1 is 1.35 bits per heavy atom. The first kappa shape index (κ1) is 10.8. The zero-order valence-corrected chi connectivity index (χ0v) is 10.2. The van der Waals surface area contributed by atoms with Crippen molar-refractivity contribution in [3.05, 3.63) is 36.0 Å². The zero-order valence-electron chi connectivity index (χ0n) is 10.2. The van der Waals surface area contributed by atoms with Crippen LogP contribution >= 0.6 is 0 Å². The Morgan fingerprint density at radius 2 is 2.24 bits per heavy atom. The number of hydrogen-bond acceptors (Lipinski definition) is 2. The molecule has 3 heteroatoms. The van der Waals surface area contributed by atoms with Gasteiger partial charge in [0.1, 0.15) is 0 Å². The molecule has 0 radical (unpaired) electrons. The SMILES string of the molecule is CC1CN(Cc2c[nH]c3ccccc23)CCN1. The Kier molecular flexibility index (Phi) is 2.87. The minimum atomic E-state index is 0.606. The quantitative estimate of drug-likeness (QED) is 0.825. The van der Waals surface area contributed by atoms with Crippen LogP contribution in [-0.4, -0.2) is 35.6 Å². The number of piperazine rings is 1. The summed E-state index contributed by atoms with van der Waals surface area (Å²) in [4.78, 5) is 5.87. The van der Waals surface area contributed by atoms with Crippen LogP contribution < -0.4 is 5.32 Å². The molecule has 1 aromatic carbocycles. The molecular weight excluding hydrogens is 210 g/mol. The number of hydrogen-bond donors (Lipinski definition) is 2. The van der Waals surface area contributed by atoms with Crippen LogP contribution in [0.3, 0.4) is 0 Å². The highest BCUT2D eigenvalue weighted by molar-refractivity contribution is 5.82. The summed E-state index contributed by atoms with van der Waals surface area (Å²) >= 11 is 0. The molecule has 3 rings (SSSR count). The molecule has 90 valence electrons. The van der Waals surface area contributed by atoms with Gasteiger partial charge in [-0.2, -0.15) is 0 Å². The first-order valence-corrected chi connectivity index (χ1v) is 6.33. The van der Waals surface area contributed by atoms with Gasteiger partial charge in [0.25, 0.3) is 0 Å². The third kappa shape index (κ3) is 2.21. The van der Waals surface area contributed by atoms with E-state index in [0.717, 1.165) is 26.2 Å². The van der Waals surface area contributed by atoms with E-state index in [2.05, 4.69) is 52.6 Å². The molecule has 1 aliphatic rings. The number of H-pyrrole nitrogens is 1. The summed E-state index contributed by atoms with van der Waals surface area (Å²) in [7, 11) is 0. The zero-order chi connectivity index (χ0) is 11.7. The van der Waals surface area contributed by atoms with E-state index in [9.17, 15) is 0 Å². The fraction of sp³-hybridized carbons (Fsp3) is 0.429. The summed E-state index contributed by atoms with van der Waals surface area (Å²) in [5.41, 5.74) is 2.65. The molecule has 1 saturated heterocycles. The molecule has 0 bridgehead atoms. The average molecular weight is 229 g/mol. The van der Waals surface area contributed by atoms with E-state index in [4.69, 9.17) is 0 Å². The van der Waals surface area contributed by atoms with Gasteiger partial charge in [0.05, 0.1) is 0 Å². The van der Waals surface area contributed by atoms with Crippen LogP contribution in [0.25, 0.3) is 10.9 Å². The number of aromatic nitrogens is 1. The molecule has 2 N–H and O–H groups in total. The lowest BCUT2D eigenvalue weighted by Crippen LogP contribution is -2.48. The fourth-order valence-electron chi connectivity index (χ4n) is 2.66. The van der Waals surface area contributed by atoms with Crippen LogP contribution in [0.5, 0.6) is 0 Å². The van der Waals surface area contributed by atoms with E-state index in [1.165, 1.54) is 16.5 Å². The van der Waals surface area contributed by atoms with Crippen molar-refractivity contribution in [3.8, 4) is 0 Å². The van der Waals surface area contributed by atoms with E-state index in [0.29, 0.717) is 6.04 Å². The molecule has 1 atom stereocenters. The Hall–Kier alpha value is -1.32. The van der Waals surface area contributed by atoms with Crippen LogP contribution in [0.4, 0.5) is 0 Å². The average Bonchev–Trinajstić information content (AvgIpc) is 2.73. The maximum atomic E-state index is 3.48. The maximum Gasteiger partial charge on any atom is 0.0457 e. The van der Waals surface area contributed by atoms with Gasteiger partial charge in [0.2, 0.25) is 0 Å². The third-order valence-corrected chi connectivity index (χ3v) is 3.52. The first-order valence-electron chi connectivity index (χ1n) is 6.33. The highest BCUT2D eigenvalue weighted by atomic mass is 15.2. The Bertz CT molecular complexity index is 503. The van der Waals surface area contributed by atoms with E-state index in [1.54, 1.807) is 0 Å². The minimum absolute atomic E-state index is 0.606. The summed E-state index contributed by atoms with van der Waals surface area (Å²) in [6, 6.07) is 9.13. The number of aromatic amines is 1. The molecule has 2 aromatic rings. The van der Waals surface area contributed by atoms with Crippen molar-refractivity contribution < 1.29 is 0 Å². The van der Waals surface area contributed by atoms with Crippen molar-refractivity contribution in [2.75, 3.05) is 19.6 Å². The Morgan fingerprint density at radius 3 is 3.12 bits per heavy atom. The smallest absolute Gasteiger partial charge is 0.0457 e. The van der Waals surface area contributed by atoms with Gasteiger partial charge < -0.3 is 10.3 Å². The van der Waals surface area contributed by atoms with Gasteiger partial charge in [0.15, 0.2) is 0 Å². The summed E-state index contributed by atoms with van der Waals surface area (Å²) in [6.45, 7) is 6.68. The third-order valence-electron chi connectivity index (χ3n) is 3.52. The van der Waals surface area contributed by atoms with Crippen molar-refractivity contribution in [1.82, 2.24) is 15.2 Å². The molecule has 1 aromatic heterocycles. The molecule has 2 heterocycles. The molecule has 1 aliphatic heterocycles. The van der Waals surface area contributed by atoms with E-state index < -0.39 is 0 Å². The predicted octanol–water partition coefficient (Wildman–Crippen LogP) is 1.96. The van der Waals surface area contributed by atoms with Crippen molar-refractivity contribution in [2.45, 2.75) is 19.5 Å².